The van der Waals surface area contributed by atoms with E-state index >= 15 is 0 Å². The first-order valence-corrected chi connectivity index (χ1v) is 7.29. The molecule has 0 spiro atoms. The second kappa shape index (κ2) is 8.14. The topological polar surface area (TPSA) is 84.1 Å². The second-order valence-electron chi connectivity index (χ2n) is 5.18. The molecule has 6 nitrogen and oxygen atoms in total. The zero-order chi connectivity index (χ0) is 16.7. The fourth-order valence-electron chi connectivity index (χ4n) is 2.13. The van der Waals surface area contributed by atoms with Crippen LogP contribution in [0.1, 0.15) is 41.1 Å². The Morgan fingerprint density at radius 1 is 1.39 bits per heavy atom. The van der Waals surface area contributed by atoms with Crippen LogP contribution in [-0.2, 0) is 4.84 Å². The van der Waals surface area contributed by atoms with E-state index in [1.54, 1.807) is 42.6 Å². The highest BCUT2D eigenvalue weighted by Gasteiger charge is 2.17. The number of carbonyl (C=O) groups is 1. The lowest BCUT2D eigenvalue weighted by Crippen LogP contribution is -2.33. The number of hydrogen-bond donors (Lipinski definition) is 2. The minimum absolute atomic E-state index is 0.195. The van der Waals surface area contributed by atoms with Gasteiger partial charge in [0.05, 0.1) is 12.5 Å². The van der Waals surface area contributed by atoms with E-state index in [1.165, 1.54) is 13.4 Å². The lowest BCUT2D eigenvalue weighted by molar-refractivity contribution is 0.0903. The minimum atomic E-state index is -0.743. The fourth-order valence-corrected chi connectivity index (χ4v) is 2.13. The predicted octanol–water partition coefficient (Wildman–Crippen LogP) is 2.50. The molecule has 2 N–H and O–H groups in total. The number of oxime groups is 1. The third-order valence-corrected chi connectivity index (χ3v) is 3.31. The van der Waals surface area contributed by atoms with Crippen LogP contribution in [0.15, 0.2) is 52.2 Å². The standard InChI is InChI=1S/C17H20N2O4/c1-12(10-15(20)16-4-3-9-23-16)19-17(21)14-7-5-13(6-8-14)11-18-22-2/h3-9,11-12,15,20H,10H2,1-2H3,(H,19,21)/b18-11+. The summed E-state index contributed by atoms with van der Waals surface area (Å²) in [5, 5.41) is 16.5. The summed E-state index contributed by atoms with van der Waals surface area (Å²) in [6, 6.07) is 10.2. The Bertz CT molecular complexity index is 635. The Kier molecular flexibility index (Phi) is 5.94. The highest BCUT2D eigenvalue weighted by molar-refractivity contribution is 5.95. The highest BCUT2D eigenvalue weighted by Crippen LogP contribution is 2.18. The highest BCUT2D eigenvalue weighted by atomic mass is 16.6. The molecule has 2 rings (SSSR count). The van der Waals surface area contributed by atoms with Crippen molar-refractivity contribution in [3.05, 3.63) is 59.5 Å². The van der Waals surface area contributed by atoms with Gasteiger partial charge in [-0.1, -0.05) is 17.3 Å². The summed E-state index contributed by atoms with van der Waals surface area (Å²) < 4.78 is 5.15. The quantitative estimate of drug-likeness (QED) is 0.607. The number of furan rings is 1. The summed E-state index contributed by atoms with van der Waals surface area (Å²) in [5.41, 5.74) is 1.38. The number of nitrogens with one attached hydrogen (secondary N) is 1. The molecule has 0 aliphatic carbocycles. The van der Waals surface area contributed by atoms with Crippen molar-refractivity contribution in [2.75, 3.05) is 7.11 Å². The molecule has 1 amide bonds. The summed E-state index contributed by atoms with van der Waals surface area (Å²) in [6.45, 7) is 1.84. The molecule has 2 aromatic rings. The van der Waals surface area contributed by atoms with Gasteiger partial charge in [0.1, 0.15) is 19.0 Å². The maximum atomic E-state index is 12.2. The normalized spacial score (nSPS) is 13.7. The van der Waals surface area contributed by atoms with Gasteiger partial charge in [0.2, 0.25) is 0 Å². The molecule has 1 aromatic heterocycles. The van der Waals surface area contributed by atoms with E-state index in [1.807, 2.05) is 6.92 Å². The Hall–Kier alpha value is -2.60. The zero-order valence-corrected chi connectivity index (χ0v) is 13.1. The van der Waals surface area contributed by atoms with Crippen molar-refractivity contribution in [3.63, 3.8) is 0 Å². The van der Waals surface area contributed by atoms with Gasteiger partial charge in [0, 0.05) is 18.0 Å². The van der Waals surface area contributed by atoms with Crippen LogP contribution in [0.5, 0.6) is 0 Å². The molecule has 0 aliphatic rings. The molecular formula is C17H20N2O4. The van der Waals surface area contributed by atoms with Gasteiger partial charge in [-0.25, -0.2) is 0 Å². The number of hydrogen-bond acceptors (Lipinski definition) is 5. The number of benzene rings is 1. The minimum Gasteiger partial charge on any atom is -0.467 e. The van der Waals surface area contributed by atoms with Crippen molar-refractivity contribution >= 4 is 12.1 Å². The summed E-state index contributed by atoms with van der Waals surface area (Å²) >= 11 is 0. The van der Waals surface area contributed by atoms with Crippen LogP contribution in [-0.4, -0.2) is 30.4 Å². The van der Waals surface area contributed by atoms with Gasteiger partial charge in [0.25, 0.3) is 5.91 Å². The molecule has 0 radical (unpaired) electrons. The fraction of sp³-hybridized carbons (Fsp3) is 0.294. The van der Waals surface area contributed by atoms with Gasteiger partial charge in [-0.3, -0.25) is 4.79 Å². The van der Waals surface area contributed by atoms with E-state index < -0.39 is 6.10 Å². The van der Waals surface area contributed by atoms with Crippen LogP contribution in [0.25, 0.3) is 0 Å². The molecule has 2 unspecified atom stereocenters. The number of rotatable bonds is 7. The smallest absolute Gasteiger partial charge is 0.251 e. The molecule has 122 valence electrons. The molecule has 0 saturated carbocycles. The predicted molar refractivity (Wildman–Crippen MR) is 86.3 cm³/mol. The first-order valence-electron chi connectivity index (χ1n) is 7.29. The van der Waals surface area contributed by atoms with Crippen LogP contribution >= 0.6 is 0 Å². The van der Waals surface area contributed by atoms with Gasteiger partial charge >= 0.3 is 0 Å². The van der Waals surface area contributed by atoms with E-state index in [2.05, 4.69) is 15.3 Å². The van der Waals surface area contributed by atoms with E-state index in [9.17, 15) is 9.90 Å². The van der Waals surface area contributed by atoms with E-state index in [0.717, 1.165) is 5.56 Å². The third kappa shape index (κ3) is 4.96. The van der Waals surface area contributed by atoms with E-state index in [0.29, 0.717) is 17.7 Å². The summed E-state index contributed by atoms with van der Waals surface area (Å²) in [7, 11) is 1.47. The monoisotopic (exact) mass is 316 g/mol. The number of amides is 1. The molecule has 2 atom stereocenters. The summed E-state index contributed by atoms with van der Waals surface area (Å²) in [4.78, 5) is 16.8. The molecular weight excluding hydrogens is 296 g/mol. The Labute approximate surface area is 134 Å². The summed E-state index contributed by atoms with van der Waals surface area (Å²) in [5.74, 6) is 0.298. The lowest BCUT2D eigenvalue weighted by Gasteiger charge is -2.16. The molecule has 1 aromatic carbocycles. The largest absolute Gasteiger partial charge is 0.467 e. The zero-order valence-electron chi connectivity index (χ0n) is 13.1. The Morgan fingerprint density at radius 2 is 2.13 bits per heavy atom. The van der Waals surface area contributed by atoms with Crippen LogP contribution in [0.3, 0.4) is 0 Å². The Morgan fingerprint density at radius 3 is 2.74 bits per heavy atom. The molecule has 0 bridgehead atoms. The van der Waals surface area contributed by atoms with Crippen LogP contribution in [0.2, 0.25) is 0 Å². The first-order chi connectivity index (χ1) is 11.1. The van der Waals surface area contributed by atoms with Crippen LogP contribution < -0.4 is 5.32 Å². The van der Waals surface area contributed by atoms with Gasteiger partial charge < -0.3 is 19.7 Å². The van der Waals surface area contributed by atoms with Crippen LogP contribution in [0, 0.1) is 0 Å². The van der Waals surface area contributed by atoms with E-state index in [4.69, 9.17) is 4.42 Å². The molecule has 23 heavy (non-hydrogen) atoms. The second-order valence-corrected chi connectivity index (χ2v) is 5.18. The van der Waals surface area contributed by atoms with Gasteiger partial charge in [-0.05, 0) is 36.8 Å². The average Bonchev–Trinajstić information content (AvgIpc) is 3.07. The SMILES string of the molecule is CO/N=C/c1ccc(C(=O)NC(C)CC(O)c2ccco2)cc1. The van der Waals surface area contributed by atoms with Crippen molar-refractivity contribution in [1.82, 2.24) is 5.32 Å². The molecule has 1 heterocycles. The number of carbonyl (C=O) groups excluding carboxylic acids is 1. The van der Waals surface area contributed by atoms with Crippen molar-refractivity contribution in [2.45, 2.75) is 25.5 Å². The summed E-state index contributed by atoms with van der Waals surface area (Å²) in [6.07, 6.45) is 2.70. The molecule has 0 aliphatic heterocycles. The van der Waals surface area contributed by atoms with Crippen LogP contribution in [0.4, 0.5) is 0 Å². The number of nitrogens with zero attached hydrogens (tertiary/aromatic N) is 1. The lowest BCUT2D eigenvalue weighted by atomic mass is 10.1. The van der Waals surface area contributed by atoms with Crippen molar-refractivity contribution in [2.24, 2.45) is 5.16 Å². The van der Waals surface area contributed by atoms with Gasteiger partial charge in [-0.2, -0.15) is 0 Å². The maximum absolute atomic E-state index is 12.2. The van der Waals surface area contributed by atoms with Gasteiger partial charge in [0.15, 0.2) is 0 Å². The number of aliphatic hydroxyl groups excluding tert-OH is 1. The molecule has 6 heteroatoms. The van der Waals surface area contributed by atoms with Crippen molar-refractivity contribution in [1.29, 1.82) is 0 Å². The van der Waals surface area contributed by atoms with Crippen molar-refractivity contribution in [3.8, 4) is 0 Å². The third-order valence-electron chi connectivity index (χ3n) is 3.31. The maximum Gasteiger partial charge on any atom is 0.251 e. The molecule has 0 fully saturated rings. The van der Waals surface area contributed by atoms with Crippen molar-refractivity contribution < 1.29 is 19.2 Å². The first kappa shape index (κ1) is 16.8. The molecule has 0 saturated heterocycles. The van der Waals surface area contributed by atoms with Gasteiger partial charge in [-0.15, -0.1) is 0 Å². The van der Waals surface area contributed by atoms with E-state index in [-0.39, 0.29) is 11.9 Å². The number of aliphatic hydroxyl groups is 1. The average molecular weight is 316 g/mol. The Balaban J connectivity index is 1.89.